The van der Waals surface area contributed by atoms with E-state index in [0.29, 0.717) is 37.6 Å². The third-order valence-corrected chi connectivity index (χ3v) is 5.66. The molecule has 3 heterocycles. The molecule has 0 saturated heterocycles. The zero-order chi connectivity index (χ0) is 21.4. The van der Waals surface area contributed by atoms with E-state index >= 15 is 0 Å². The summed E-state index contributed by atoms with van der Waals surface area (Å²) in [6, 6.07) is 16.2. The summed E-state index contributed by atoms with van der Waals surface area (Å²) in [5.74, 6) is -0.169. The molecule has 0 N–H and O–H groups in total. The first-order valence-corrected chi connectivity index (χ1v) is 10.1. The molecule has 31 heavy (non-hydrogen) atoms. The van der Waals surface area contributed by atoms with Crippen molar-refractivity contribution in [3.05, 3.63) is 89.1 Å². The fourth-order valence-corrected chi connectivity index (χ4v) is 4.08. The molecule has 0 atom stereocenters. The summed E-state index contributed by atoms with van der Waals surface area (Å²) < 4.78 is 18.0. The van der Waals surface area contributed by atoms with Crippen molar-refractivity contribution in [1.82, 2.24) is 29.4 Å². The zero-order valence-electron chi connectivity index (χ0n) is 17.1. The molecule has 0 aliphatic carbocycles. The van der Waals surface area contributed by atoms with Gasteiger partial charge in [-0.15, -0.1) is 10.2 Å². The van der Waals surface area contributed by atoms with Crippen LogP contribution in [0.1, 0.15) is 27.2 Å². The number of halogens is 1. The van der Waals surface area contributed by atoms with Crippen molar-refractivity contribution in [3.8, 4) is 11.5 Å². The smallest absolute Gasteiger partial charge is 0.257 e. The van der Waals surface area contributed by atoms with E-state index in [1.165, 1.54) is 12.1 Å². The molecule has 0 unspecified atom stereocenters. The zero-order valence-corrected chi connectivity index (χ0v) is 17.1. The number of rotatable bonds is 4. The Morgan fingerprint density at radius 1 is 1.10 bits per heavy atom. The van der Waals surface area contributed by atoms with Crippen molar-refractivity contribution < 1.29 is 9.18 Å². The summed E-state index contributed by atoms with van der Waals surface area (Å²) in [4.78, 5) is 14.6. The van der Waals surface area contributed by atoms with E-state index in [9.17, 15) is 9.18 Å². The van der Waals surface area contributed by atoms with E-state index < -0.39 is 5.82 Å². The van der Waals surface area contributed by atoms with E-state index in [2.05, 4.69) is 10.2 Å². The molecular formula is C23H21FN6O. The van der Waals surface area contributed by atoms with Gasteiger partial charge in [-0.05, 0) is 17.7 Å². The number of carbonyl (C=O) groups is 1. The second-order valence-corrected chi connectivity index (χ2v) is 7.62. The molecule has 1 aliphatic heterocycles. The summed E-state index contributed by atoms with van der Waals surface area (Å²) in [5.41, 5.74) is 3.91. The fourth-order valence-electron chi connectivity index (χ4n) is 4.08. The number of hydrogen-bond acceptors (Lipinski definition) is 4. The number of carbonyl (C=O) groups excluding carboxylic acids is 1. The Morgan fingerprint density at radius 2 is 1.87 bits per heavy atom. The number of nitrogens with zero attached hydrogens (tertiary/aromatic N) is 6. The highest BCUT2D eigenvalue weighted by Gasteiger charge is 2.30. The van der Waals surface area contributed by atoms with Gasteiger partial charge in [-0.3, -0.25) is 9.48 Å². The Hall–Kier alpha value is -3.81. The predicted octanol–water partition coefficient (Wildman–Crippen LogP) is 3.06. The maximum atomic E-state index is 14.2. The minimum Gasteiger partial charge on any atom is -0.334 e. The number of fused-ring (bicyclic) bond motifs is 1. The first-order valence-electron chi connectivity index (χ1n) is 10.1. The van der Waals surface area contributed by atoms with Crippen molar-refractivity contribution in [2.24, 2.45) is 7.05 Å². The van der Waals surface area contributed by atoms with Gasteiger partial charge in [-0.2, -0.15) is 5.10 Å². The van der Waals surface area contributed by atoms with Crippen molar-refractivity contribution in [2.45, 2.75) is 19.5 Å². The molecule has 0 radical (unpaired) electrons. The number of aromatic nitrogens is 5. The fraction of sp³-hybridized carbons (Fsp3) is 0.217. The molecule has 0 bridgehead atoms. The molecule has 8 heteroatoms. The Bertz CT molecular complexity index is 1250. The van der Waals surface area contributed by atoms with E-state index in [-0.39, 0.29) is 11.5 Å². The van der Waals surface area contributed by atoms with Gasteiger partial charge in [-0.1, -0.05) is 42.5 Å². The molecule has 5 rings (SSSR count). The van der Waals surface area contributed by atoms with Crippen LogP contribution in [0.4, 0.5) is 4.39 Å². The van der Waals surface area contributed by atoms with Crippen LogP contribution in [0.3, 0.4) is 0 Å². The molecule has 0 fully saturated rings. The van der Waals surface area contributed by atoms with Gasteiger partial charge in [0.2, 0.25) is 0 Å². The molecule has 0 saturated carbocycles. The summed E-state index contributed by atoms with van der Waals surface area (Å²) in [6.45, 7) is 1.48. The molecule has 4 aromatic rings. The Labute approximate surface area is 178 Å². The maximum absolute atomic E-state index is 14.2. The normalized spacial score (nSPS) is 13.3. The lowest BCUT2D eigenvalue weighted by Gasteiger charge is -2.28. The number of hydrogen-bond donors (Lipinski definition) is 0. The van der Waals surface area contributed by atoms with Gasteiger partial charge in [0.25, 0.3) is 5.91 Å². The van der Waals surface area contributed by atoms with Gasteiger partial charge in [0.05, 0.1) is 18.7 Å². The number of amides is 1. The van der Waals surface area contributed by atoms with Gasteiger partial charge in [0.1, 0.15) is 17.8 Å². The van der Waals surface area contributed by atoms with Crippen LogP contribution in [-0.4, -0.2) is 41.9 Å². The van der Waals surface area contributed by atoms with Crippen LogP contribution >= 0.6 is 0 Å². The summed E-state index contributed by atoms with van der Waals surface area (Å²) in [7, 11) is 1.90. The molecule has 156 valence electrons. The molecule has 7 nitrogen and oxygen atoms in total. The molecule has 1 amide bonds. The van der Waals surface area contributed by atoms with Gasteiger partial charge < -0.3 is 9.47 Å². The van der Waals surface area contributed by atoms with Crippen molar-refractivity contribution >= 4 is 5.91 Å². The highest BCUT2D eigenvalue weighted by Crippen LogP contribution is 2.29. The summed E-state index contributed by atoms with van der Waals surface area (Å²) in [5, 5.41) is 13.1. The minimum absolute atomic E-state index is 0.0867. The second-order valence-electron chi connectivity index (χ2n) is 7.62. The average molecular weight is 416 g/mol. The van der Waals surface area contributed by atoms with Crippen LogP contribution in [0, 0.1) is 5.82 Å². The second kappa shape index (κ2) is 7.79. The van der Waals surface area contributed by atoms with Crippen LogP contribution in [0.15, 0.2) is 60.9 Å². The Balaban J connectivity index is 1.48. The molecule has 2 aromatic heterocycles. The van der Waals surface area contributed by atoms with E-state index in [0.717, 1.165) is 16.8 Å². The molecule has 1 aliphatic rings. The number of benzene rings is 2. The lowest BCUT2D eigenvalue weighted by molar-refractivity contribution is 0.0729. The van der Waals surface area contributed by atoms with Crippen LogP contribution in [0.2, 0.25) is 0 Å². The summed E-state index contributed by atoms with van der Waals surface area (Å²) in [6.07, 6.45) is 2.33. The minimum atomic E-state index is -0.507. The maximum Gasteiger partial charge on any atom is 0.257 e. The van der Waals surface area contributed by atoms with E-state index in [1.807, 2.05) is 46.6 Å². The average Bonchev–Trinajstić information content (AvgIpc) is 3.38. The molecule has 0 spiro atoms. The monoisotopic (exact) mass is 416 g/mol. The highest BCUT2D eigenvalue weighted by molar-refractivity contribution is 5.94. The van der Waals surface area contributed by atoms with Gasteiger partial charge in [0.15, 0.2) is 5.82 Å². The van der Waals surface area contributed by atoms with Gasteiger partial charge in [0, 0.05) is 31.3 Å². The van der Waals surface area contributed by atoms with E-state index in [1.54, 1.807) is 23.4 Å². The van der Waals surface area contributed by atoms with Crippen LogP contribution < -0.4 is 0 Å². The van der Waals surface area contributed by atoms with E-state index in [4.69, 9.17) is 5.10 Å². The van der Waals surface area contributed by atoms with Crippen LogP contribution in [0.25, 0.3) is 11.5 Å². The third kappa shape index (κ3) is 3.50. The van der Waals surface area contributed by atoms with Crippen LogP contribution in [0.5, 0.6) is 0 Å². The van der Waals surface area contributed by atoms with Gasteiger partial charge in [-0.25, -0.2) is 4.39 Å². The van der Waals surface area contributed by atoms with Crippen molar-refractivity contribution in [1.29, 1.82) is 0 Å². The van der Waals surface area contributed by atoms with Crippen molar-refractivity contribution in [3.63, 3.8) is 0 Å². The Morgan fingerprint density at radius 3 is 2.68 bits per heavy atom. The first-order chi connectivity index (χ1) is 15.1. The summed E-state index contributed by atoms with van der Waals surface area (Å²) >= 11 is 0. The molecule has 2 aromatic carbocycles. The number of aryl methyl sites for hydroxylation is 1. The highest BCUT2D eigenvalue weighted by atomic mass is 19.1. The Kier molecular flexibility index (Phi) is 4.82. The predicted molar refractivity (Wildman–Crippen MR) is 113 cm³/mol. The quantitative estimate of drug-likeness (QED) is 0.513. The first kappa shape index (κ1) is 19.2. The van der Waals surface area contributed by atoms with Crippen molar-refractivity contribution in [2.75, 3.05) is 6.54 Å². The SMILES string of the molecule is Cn1nc(-c2nncn2Cc2ccccc2)c2c1CCN(C(=O)c1ccccc1F)C2. The van der Waals surface area contributed by atoms with Crippen LogP contribution in [-0.2, 0) is 26.6 Å². The topological polar surface area (TPSA) is 68.8 Å². The van der Waals surface area contributed by atoms with Gasteiger partial charge >= 0.3 is 0 Å². The third-order valence-electron chi connectivity index (χ3n) is 5.66. The largest absolute Gasteiger partial charge is 0.334 e. The molecular weight excluding hydrogens is 395 g/mol. The standard InChI is InChI=1S/C23H21FN6O/c1-28-20-11-12-29(23(31)17-9-5-6-10-19(17)24)14-18(20)21(27-28)22-26-25-15-30(22)13-16-7-3-2-4-8-16/h2-10,15H,11-14H2,1H3. The lowest BCUT2D eigenvalue weighted by atomic mass is 10.0. The lowest BCUT2D eigenvalue weighted by Crippen LogP contribution is -2.36.